The molecule has 1 atom stereocenters. The highest BCUT2D eigenvalue weighted by Gasteiger charge is 2.24. The van der Waals surface area contributed by atoms with E-state index >= 15 is 4.39 Å². The van der Waals surface area contributed by atoms with Crippen molar-refractivity contribution >= 4 is 34.2 Å². The molecule has 0 bridgehead atoms. The van der Waals surface area contributed by atoms with E-state index in [0.29, 0.717) is 42.4 Å². The molecule has 1 saturated carbocycles. The molecule has 226 valence electrons. The first-order valence-corrected chi connectivity index (χ1v) is 15.7. The van der Waals surface area contributed by atoms with Gasteiger partial charge in [-0.1, -0.05) is 57.4 Å². The number of ether oxygens (including phenoxy) is 2. The molecule has 3 heterocycles. The predicted molar refractivity (Wildman–Crippen MR) is 168 cm³/mol. The van der Waals surface area contributed by atoms with Crippen LogP contribution < -0.4 is 5.69 Å². The maximum absolute atomic E-state index is 15.4. The molecular weight excluding hydrogens is 531 g/mol. The average molecular weight is 577 g/mol. The number of nitrogens with zero attached hydrogens (tertiary/aromatic N) is 4. The highest BCUT2D eigenvalue weighted by atomic mass is 19.1. The summed E-state index contributed by atoms with van der Waals surface area (Å²) in [4.78, 5) is 21.8. The van der Waals surface area contributed by atoms with Crippen molar-refractivity contribution in [2.45, 2.75) is 90.0 Å². The lowest BCUT2D eigenvalue weighted by Gasteiger charge is -2.23. The van der Waals surface area contributed by atoms with Crippen molar-refractivity contribution < 1.29 is 13.9 Å². The Morgan fingerprint density at radius 3 is 2.62 bits per heavy atom. The van der Waals surface area contributed by atoms with Crippen molar-refractivity contribution in [1.29, 1.82) is 0 Å². The molecule has 2 aromatic heterocycles. The zero-order valence-corrected chi connectivity index (χ0v) is 25.2. The maximum Gasteiger partial charge on any atom is 0.329 e. The Bertz CT molecular complexity index is 1500. The molecule has 0 spiro atoms. The minimum absolute atomic E-state index is 0.0661. The number of imidazole rings is 1. The van der Waals surface area contributed by atoms with Gasteiger partial charge in [0.05, 0.1) is 42.0 Å². The third-order valence-corrected chi connectivity index (χ3v) is 9.04. The first kappa shape index (κ1) is 30.2. The third-order valence-electron chi connectivity index (χ3n) is 9.04. The molecule has 7 nitrogen and oxygen atoms in total. The number of aryl methyl sites for hydroxylation is 1. The van der Waals surface area contributed by atoms with E-state index in [1.807, 2.05) is 17.6 Å². The van der Waals surface area contributed by atoms with Gasteiger partial charge in [0.25, 0.3) is 0 Å². The Morgan fingerprint density at radius 2 is 1.90 bits per heavy atom. The van der Waals surface area contributed by atoms with Gasteiger partial charge in [-0.25, -0.2) is 14.2 Å². The molecule has 1 aromatic carbocycles. The molecular formula is C34H45FN4O3. The van der Waals surface area contributed by atoms with Crippen molar-refractivity contribution in [1.82, 2.24) is 14.1 Å². The van der Waals surface area contributed by atoms with Gasteiger partial charge in [-0.2, -0.15) is 0 Å². The quantitative estimate of drug-likeness (QED) is 0.112. The normalized spacial score (nSPS) is 19.9. The Kier molecular flexibility index (Phi) is 10.3. The molecule has 3 aromatic rings. The molecule has 0 radical (unpaired) electrons. The topological polar surface area (TPSA) is 70.6 Å². The second-order valence-electron chi connectivity index (χ2n) is 12.0. The van der Waals surface area contributed by atoms with Crippen LogP contribution in [0.5, 0.6) is 0 Å². The van der Waals surface area contributed by atoms with Gasteiger partial charge in [0.15, 0.2) is 0 Å². The Labute approximate surface area is 248 Å². The molecule has 1 aliphatic carbocycles. The van der Waals surface area contributed by atoms with E-state index < -0.39 is 0 Å². The van der Waals surface area contributed by atoms with Gasteiger partial charge in [-0.05, 0) is 56.9 Å². The molecule has 1 aliphatic heterocycles. The molecule has 2 fully saturated rings. The summed E-state index contributed by atoms with van der Waals surface area (Å²) in [5.74, 6) is 0.857. The Balaban J connectivity index is 1.35. The number of aliphatic imine (C=N–C) groups is 1. The summed E-state index contributed by atoms with van der Waals surface area (Å²) >= 11 is 0. The van der Waals surface area contributed by atoms with E-state index in [1.165, 1.54) is 63.9 Å². The van der Waals surface area contributed by atoms with E-state index in [2.05, 4.69) is 16.7 Å². The minimum atomic E-state index is -0.369. The number of allylic oxidation sites excluding steroid dienone is 3. The van der Waals surface area contributed by atoms with Crippen molar-refractivity contribution in [2.75, 3.05) is 19.8 Å². The Morgan fingerprint density at radius 1 is 1.14 bits per heavy atom. The third kappa shape index (κ3) is 6.86. The standard InChI is InChI=1S/C34H45FN4O3/c1-24(16-17-32(36-2)42-19-10-14-25-12-8-6-4-5-7-9-13-25)27-20-28-30(21-29(27)35)37-22-31-33(28)39(34(40)38(31)3)26-15-11-18-41-23-26/h16-17,20-22,25-26H,2,4-15,18-19,23H2,1,3H3. The first-order valence-electron chi connectivity index (χ1n) is 15.7. The number of rotatable bonds is 9. The number of benzene rings is 1. The SMILES string of the molecule is C=NC(=CC=C(C)c1cc2c(cc1F)ncc1c2n(C2CCCOC2)c(=O)n1C)OCCCC1CCCCCCCC1. The molecule has 42 heavy (non-hydrogen) atoms. The van der Waals surface area contributed by atoms with Crippen molar-refractivity contribution in [2.24, 2.45) is 18.0 Å². The van der Waals surface area contributed by atoms with Gasteiger partial charge in [0.2, 0.25) is 5.88 Å². The van der Waals surface area contributed by atoms with Crippen LogP contribution in [0.15, 0.2) is 46.2 Å². The smallest absolute Gasteiger partial charge is 0.329 e. The van der Waals surface area contributed by atoms with Gasteiger partial charge in [0, 0.05) is 36.7 Å². The van der Waals surface area contributed by atoms with Crippen LogP contribution in [0, 0.1) is 11.7 Å². The minimum Gasteiger partial charge on any atom is -0.478 e. The molecule has 5 rings (SSSR count). The van der Waals surface area contributed by atoms with Gasteiger partial charge >= 0.3 is 5.69 Å². The Hall–Kier alpha value is -3.26. The van der Waals surface area contributed by atoms with E-state index in [1.54, 1.807) is 30.0 Å². The van der Waals surface area contributed by atoms with Crippen LogP contribution in [-0.2, 0) is 16.5 Å². The summed E-state index contributed by atoms with van der Waals surface area (Å²) < 4.78 is 30.4. The molecule has 0 amide bonds. The summed E-state index contributed by atoms with van der Waals surface area (Å²) in [6, 6.07) is 3.19. The van der Waals surface area contributed by atoms with E-state index in [-0.39, 0.29) is 17.5 Å². The molecule has 1 saturated heterocycles. The van der Waals surface area contributed by atoms with E-state index in [4.69, 9.17) is 9.47 Å². The summed E-state index contributed by atoms with van der Waals surface area (Å²) in [6.07, 6.45) is 20.0. The average Bonchev–Trinajstić information content (AvgIpc) is 3.34. The van der Waals surface area contributed by atoms with Crippen LogP contribution in [0.2, 0.25) is 0 Å². The fourth-order valence-electron chi connectivity index (χ4n) is 6.60. The summed E-state index contributed by atoms with van der Waals surface area (Å²) in [5.41, 5.74) is 3.05. The summed E-state index contributed by atoms with van der Waals surface area (Å²) in [6.45, 7) is 7.32. The van der Waals surface area contributed by atoms with Crippen molar-refractivity contribution in [3.8, 4) is 0 Å². The number of hydrogen-bond donors (Lipinski definition) is 0. The second-order valence-corrected chi connectivity index (χ2v) is 12.0. The van der Waals surface area contributed by atoms with E-state index in [0.717, 1.165) is 41.6 Å². The van der Waals surface area contributed by atoms with Crippen molar-refractivity contribution in [3.05, 3.63) is 58.2 Å². The summed E-state index contributed by atoms with van der Waals surface area (Å²) in [7, 11) is 1.75. The zero-order chi connectivity index (χ0) is 29.5. The van der Waals surface area contributed by atoms with Crippen molar-refractivity contribution in [3.63, 3.8) is 0 Å². The number of hydrogen-bond acceptors (Lipinski definition) is 5. The lowest BCUT2D eigenvalue weighted by molar-refractivity contribution is 0.0593. The van der Waals surface area contributed by atoms with Gasteiger partial charge in [0.1, 0.15) is 5.82 Å². The lowest BCUT2D eigenvalue weighted by atomic mass is 9.92. The molecule has 1 unspecified atom stereocenters. The molecule has 0 N–H and O–H groups in total. The van der Waals surface area contributed by atoms with Crippen LogP contribution in [0.3, 0.4) is 0 Å². The predicted octanol–water partition coefficient (Wildman–Crippen LogP) is 7.87. The highest BCUT2D eigenvalue weighted by molar-refractivity contribution is 6.03. The summed E-state index contributed by atoms with van der Waals surface area (Å²) in [5, 5.41) is 0.743. The molecule has 2 aliphatic rings. The number of fused-ring (bicyclic) bond motifs is 3. The number of pyridine rings is 1. The number of aromatic nitrogens is 3. The van der Waals surface area contributed by atoms with Gasteiger partial charge in [-0.15, -0.1) is 0 Å². The fourth-order valence-corrected chi connectivity index (χ4v) is 6.60. The molecule has 8 heteroatoms. The van der Waals surface area contributed by atoms with Crippen LogP contribution in [-0.4, -0.2) is 40.7 Å². The monoisotopic (exact) mass is 576 g/mol. The first-order chi connectivity index (χ1) is 20.5. The maximum atomic E-state index is 15.4. The van der Waals surface area contributed by atoms with Gasteiger partial charge in [-0.3, -0.25) is 14.1 Å². The van der Waals surface area contributed by atoms with Crippen LogP contribution >= 0.6 is 0 Å². The number of halogens is 1. The largest absolute Gasteiger partial charge is 0.478 e. The fraction of sp³-hybridized carbons (Fsp3) is 0.559. The zero-order valence-electron chi connectivity index (χ0n) is 25.2. The van der Waals surface area contributed by atoms with E-state index in [9.17, 15) is 4.79 Å². The van der Waals surface area contributed by atoms with Gasteiger partial charge < -0.3 is 9.47 Å². The highest BCUT2D eigenvalue weighted by Crippen LogP contribution is 2.32. The van der Waals surface area contributed by atoms with Crippen LogP contribution in [0.4, 0.5) is 4.39 Å². The van der Waals surface area contributed by atoms with Crippen LogP contribution in [0.1, 0.15) is 95.6 Å². The second kappa shape index (κ2) is 14.3. The lowest BCUT2D eigenvalue weighted by Crippen LogP contribution is -2.31. The van der Waals surface area contributed by atoms with Crippen LogP contribution in [0.25, 0.3) is 27.5 Å².